The lowest BCUT2D eigenvalue weighted by molar-refractivity contribution is -0.286. The van der Waals surface area contributed by atoms with Gasteiger partial charge in [0.2, 0.25) is 11.8 Å². The largest absolute Gasteiger partial charge is 0.586 e. The maximum atomic E-state index is 13.3. The molecule has 0 radical (unpaired) electrons. The third-order valence-corrected chi connectivity index (χ3v) is 6.36. The molecule has 0 spiro atoms. The van der Waals surface area contributed by atoms with Crippen LogP contribution in [0.5, 0.6) is 11.5 Å². The number of alkyl halides is 2. The third kappa shape index (κ3) is 3.19. The van der Waals surface area contributed by atoms with Crippen LogP contribution in [0.3, 0.4) is 0 Å². The number of ether oxygens (including phenoxy) is 2. The van der Waals surface area contributed by atoms with Crippen LogP contribution in [-0.4, -0.2) is 23.1 Å². The van der Waals surface area contributed by atoms with Crippen molar-refractivity contribution in [3.05, 3.63) is 59.4 Å². The van der Waals surface area contributed by atoms with Gasteiger partial charge in [-0.2, -0.15) is 0 Å². The van der Waals surface area contributed by atoms with Gasteiger partial charge in [0, 0.05) is 0 Å². The van der Waals surface area contributed by atoms with Gasteiger partial charge in [0.15, 0.2) is 11.5 Å². The second-order valence-corrected chi connectivity index (χ2v) is 8.64. The van der Waals surface area contributed by atoms with Crippen molar-refractivity contribution in [3.63, 3.8) is 0 Å². The number of halogens is 2. The zero-order valence-corrected chi connectivity index (χ0v) is 17.5. The van der Waals surface area contributed by atoms with Crippen molar-refractivity contribution >= 4 is 17.6 Å². The number of amides is 2. The van der Waals surface area contributed by atoms with Crippen molar-refractivity contribution in [1.29, 1.82) is 0 Å². The number of nitrogens with zero attached hydrogens (tertiary/aromatic N) is 1. The van der Waals surface area contributed by atoms with Crippen molar-refractivity contribution in [2.45, 2.75) is 50.2 Å². The fourth-order valence-corrected chi connectivity index (χ4v) is 4.30. The molecule has 1 aromatic heterocycles. The van der Waals surface area contributed by atoms with E-state index in [0.29, 0.717) is 36.3 Å². The van der Waals surface area contributed by atoms with Crippen LogP contribution < -0.4 is 20.1 Å². The summed E-state index contributed by atoms with van der Waals surface area (Å²) in [5.41, 5.74) is 0.310. The average Bonchev–Trinajstić information content (AvgIpc) is 3.49. The lowest BCUT2D eigenvalue weighted by atomic mass is 9.79. The van der Waals surface area contributed by atoms with E-state index in [1.165, 1.54) is 12.1 Å². The van der Waals surface area contributed by atoms with Crippen molar-refractivity contribution in [3.8, 4) is 11.5 Å². The van der Waals surface area contributed by atoms with Crippen molar-refractivity contribution in [1.82, 2.24) is 10.3 Å². The molecule has 2 aliphatic heterocycles. The topological polar surface area (TPSA) is 89.6 Å². The number of aromatic nitrogens is 1. The highest BCUT2D eigenvalue weighted by atomic mass is 19.3. The highest BCUT2D eigenvalue weighted by Crippen LogP contribution is 2.52. The van der Waals surface area contributed by atoms with Crippen LogP contribution in [0.4, 0.5) is 14.6 Å². The van der Waals surface area contributed by atoms with Gasteiger partial charge < -0.3 is 20.1 Å². The Morgan fingerprint density at radius 3 is 2.62 bits per heavy atom. The van der Waals surface area contributed by atoms with Gasteiger partial charge in [0.1, 0.15) is 5.82 Å². The highest BCUT2D eigenvalue weighted by Gasteiger charge is 2.53. The standard InChI is InChI=1S/C23H21F2N3O4/c1-13-4-7-17(27-18(13)21(2)8-3-11-26-19(21)29)28-20(30)22(9-10-22)14-5-6-15-16(12-14)32-23(24,25)31-15/h3-7,11-12H,8-10H2,1-2H3,(H,26,29)(H,27,28,30). The number of benzene rings is 1. The normalized spacial score (nSPS) is 24.1. The molecule has 1 unspecified atom stereocenters. The van der Waals surface area contributed by atoms with E-state index in [2.05, 4.69) is 25.1 Å². The zero-order chi connectivity index (χ0) is 22.7. The highest BCUT2D eigenvalue weighted by molar-refractivity contribution is 6.01. The Hall–Kier alpha value is -3.49. The Balaban J connectivity index is 1.40. The molecule has 1 atom stereocenters. The smallest absolute Gasteiger partial charge is 0.395 e. The third-order valence-electron chi connectivity index (χ3n) is 6.36. The van der Waals surface area contributed by atoms with Crippen LogP contribution in [0.15, 0.2) is 42.6 Å². The Morgan fingerprint density at radius 2 is 1.91 bits per heavy atom. The molecule has 1 aromatic carbocycles. The molecule has 0 bridgehead atoms. The van der Waals surface area contributed by atoms with E-state index in [4.69, 9.17) is 0 Å². The average molecular weight is 441 g/mol. The first-order chi connectivity index (χ1) is 15.1. The molecule has 0 saturated heterocycles. The minimum absolute atomic E-state index is 0.0622. The molecule has 3 aliphatic rings. The van der Waals surface area contributed by atoms with Crippen molar-refractivity contribution in [2.75, 3.05) is 5.32 Å². The summed E-state index contributed by atoms with van der Waals surface area (Å²) in [7, 11) is 0. The molecule has 2 amide bonds. The molecule has 1 aliphatic carbocycles. The first-order valence-corrected chi connectivity index (χ1v) is 10.3. The number of anilines is 1. The Labute approximate surface area is 182 Å². The SMILES string of the molecule is Cc1ccc(NC(=O)C2(c3ccc4c(c3)OC(F)(F)O4)CC2)nc1C1(C)CC=CNC1=O. The maximum Gasteiger partial charge on any atom is 0.586 e. The first kappa shape index (κ1) is 20.4. The quantitative estimate of drug-likeness (QED) is 0.756. The zero-order valence-electron chi connectivity index (χ0n) is 17.5. The minimum Gasteiger partial charge on any atom is -0.395 e. The molecular weight excluding hydrogens is 420 g/mol. The molecule has 2 aromatic rings. The van der Waals surface area contributed by atoms with E-state index in [1.807, 2.05) is 26.0 Å². The summed E-state index contributed by atoms with van der Waals surface area (Å²) in [5.74, 6) is -0.268. The lowest BCUT2D eigenvalue weighted by Gasteiger charge is -2.30. The maximum absolute atomic E-state index is 13.3. The van der Waals surface area contributed by atoms with Crippen molar-refractivity contribution < 1.29 is 27.8 Å². The number of fused-ring (bicyclic) bond motifs is 1. The van der Waals surface area contributed by atoms with E-state index < -0.39 is 17.1 Å². The van der Waals surface area contributed by atoms with Crippen LogP contribution in [0, 0.1) is 6.92 Å². The minimum atomic E-state index is -3.71. The van der Waals surface area contributed by atoms with Crippen LogP contribution in [0.2, 0.25) is 0 Å². The van der Waals surface area contributed by atoms with E-state index in [9.17, 15) is 18.4 Å². The number of aryl methyl sites for hydroxylation is 1. The van der Waals surface area contributed by atoms with Gasteiger partial charge in [-0.3, -0.25) is 9.59 Å². The monoisotopic (exact) mass is 441 g/mol. The second kappa shape index (κ2) is 6.75. The number of hydrogen-bond donors (Lipinski definition) is 2. The van der Waals surface area contributed by atoms with E-state index in [-0.39, 0.29) is 23.3 Å². The summed E-state index contributed by atoms with van der Waals surface area (Å²) in [6, 6.07) is 7.92. The predicted octanol–water partition coefficient (Wildman–Crippen LogP) is 3.67. The molecular formula is C23H21F2N3O4. The Morgan fingerprint density at radius 1 is 1.16 bits per heavy atom. The van der Waals surface area contributed by atoms with Gasteiger partial charge >= 0.3 is 6.29 Å². The summed E-state index contributed by atoms with van der Waals surface area (Å²) in [4.78, 5) is 30.3. The van der Waals surface area contributed by atoms with E-state index >= 15 is 0 Å². The van der Waals surface area contributed by atoms with Gasteiger partial charge in [0.25, 0.3) is 0 Å². The molecule has 1 fully saturated rings. The Kier molecular flexibility index (Phi) is 4.31. The molecule has 166 valence electrons. The molecule has 5 rings (SSSR count). The van der Waals surface area contributed by atoms with Crippen molar-refractivity contribution in [2.24, 2.45) is 0 Å². The van der Waals surface area contributed by atoms with Gasteiger partial charge in [-0.05, 0) is 68.6 Å². The second-order valence-electron chi connectivity index (χ2n) is 8.64. The summed E-state index contributed by atoms with van der Waals surface area (Å²) in [5, 5.41) is 5.56. The first-order valence-electron chi connectivity index (χ1n) is 10.3. The van der Waals surface area contributed by atoms with Crippen LogP contribution >= 0.6 is 0 Å². The fraction of sp³-hybridized carbons (Fsp3) is 0.348. The molecule has 3 heterocycles. The number of carbonyl (C=O) groups is 2. The van der Waals surface area contributed by atoms with Gasteiger partial charge in [0.05, 0.1) is 16.5 Å². The molecule has 2 N–H and O–H groups in total. The number of pyridine rings is 1. The van der Waals surface area contributed by atoms with Gasteiger partial charge in [-0.15, -0.1) is 8.78 Å². The van der Waals surface area contributed by atoms with E-state index in [1.54, 1.807) is 18.3 Å². The summed E-state index contributed by atoms with van der Waals surface area (Å²) >= 11 is 0. The van der Waals surface area contributed by atoms with Gasteiger partial charge in [-0.25, -0.2) is 4.98 Å². The number of allylic oxidation sites excluding steroid dienone is 1. The molecule has 7 nitrogen and oxygen atoms in total. The van der Waals surface area contributed by atoms with Crippen LogP contribution in [-0.2, 0) is 20.4 Å². The van der Waals surface area contributed by atoms with E-state index in [0.717, 1.165) is 5.56 Å². The van der Waals surface area contributed by atoms with Gasteiger partial charge in [-0.1, -0.05) is 18.2 Å². The predicted molar refractivity (Wildman–Crippen MR) is 110 cm³/mol. The summed E-state index contributed by atoms with van der Waals surface area (Å²) in [6.07, 6.45) is 1.41. The van der Waals surface area contributed by atoms with Crippen LogP contribution in [0.1, 0.15) is 43.0 Å². The molecule has 32 heavy (non-hydrogen) atoms. The summed E-state index contributed by atoms with van der Waals surface area (Å²) < 4.78 is 35.7. The lowest BCUT2D eigenvalue weighted by Crippen LogP contribution is -2.43. The molecule has 9 heteroatoms. The Bertz CT molecular complexity index is 1180. The molecule has 1 saturated carbocycles. The number of nitrogens with one attached hydrogen (secondary N) is 2. The summed E-state index contributed by atoms with van der Waals surface area (Å²) in [6.45, 7) is 3.69. The fourth-order valence-electron chi connectivity index (χ4n) is 4.30. The number of rotatable bonds is 4. The van der Waals surface area contributed by atoms with Crippen LogP contribution in [0.25, 0.3) is 0 Å². The number of carbonyl (C=O) groups excluding carboxylic acids is 2. The number of hydrogen-bond acceptors (Lipinski definition) is 5.